The Labute approximate surface area is 131 Å². The Balaban J connectivity index is 1.86. The Morgan fingerprint density at radius 3 is 2.33 bits per heavy atom. The number of rotatable bonds is 4. The van der Waals surface area contributed by atoms with E-state index >= 15 is 0 Å². The van der Waals surface area contributed by atoms with Gasteiger partial charge in [0.2, 0.25) is 0 Å². The van der Waals surface area contributed by atoms with Gasteiger partial charge in [-0.15, -0.1) is 0 Å². The van der Waals surface area contributed by atoms with Gasteiger partial charge >= 0.3 is 0 Å². The van der Waals surface area contributed by atoms with Gasteiger partial charge in [0.15, 0.2) is 0 Å². The van der Waals surface area contributed by atoms with Gasteiger partial charge in [-0.25, -0.2) is 0 Å². The molecule has 0 saturated carbocycles. The monoisotopic (exact) mass is 301 g/mol. The summed E-state index contributed by atoms with van der Waals surface area (Å²) >= 11 is 6.00. The smallest absolute Gasteiger partial charge is 0.108 e. The van der Waals surface area contributed by atoms with Crippen molar-refractivity contribution in [3.8, 4) is 0 Å². The van der Waals surface area contributed by atoms with Crippen LogP contribution < -0.4 is 0 Å². The molecule has 1 heterocycles. The minimum absolute atomic E-state index is 0.0278. The Morgan fingerprint density at radius 2 is 1.71 bits per heavy atom. The van der Waals surface area contributed by atoms with Crippen molar-refractivity contribution in [1.82, 2.24) is 4.90 Å². The number of likely N-dealkylation sites (tertiary alicyclic amines) is 1. The zero-order valence-electron chi connectivity index (χ0n) is 12.2. The molecule has 0 radical (unpaired) electrons. The van der Waals surface area contributed by atoms with E-state index in [2.05, 4.69) is 48.3 Å². The minimum atomic E-state index is -0.0278. The fourth-order valence-corrected chi connectivity index (χ4v) is 2.94. The highest BCUT2D eigenvalue weighted by Gasteiger charge is 2.25. The lowest BCUT2D eigenvalue weighted by atomic mass is 10.0. The molecule has 0 amide bonds. The number of hydrogen-bond acceptors (Lipinski definition) is 2. The highest BCUT2D eigenvalue weighted by molar-refractivity contribution is 6.30. The van der Waals surface area contributed by atoms with Crippen LogP contribution in [0, 0.1) is 0 Å². The van der Waals surface area contributed by atoms with E-state index in [1.165, 1.54) is 5.56 Å². The molecule has 2 aromatic rings. The predicted octanol–water partition coefficient (Wildman–Crippen LogP) is 4.15. The second kappa shape index (κ2) is 6.61. The van der Waals surface area contributed by atoms with Crippen LogP contribution in [0.25, 0.3) is 0 Å². The normalized spacial score (nSPS) is 20.6. The lowest BCUT2D eigenvalue weighted by Gasteiger charge is -2.23. The van der Waals surface area contributed by atoms with Gasteiger partial charge in [-0.3, -0.25) is 0 Å². The molecule has 110 valence electrons. The standard InChI is InChI=1S/C18H20ClNO/c1-20-12-11-17(13-20)21-18(14-5-3-2-4-6-14)15-7-9-16(19)10-8-15/h2-10,17-18H,11-13H2,1H3/t17-,18+/m1/s1. The van der Waals surface area contributed by atoms with Crippen LogP contribution in [0.15, 0.2) is 54.6 Å². The lowest BCUT2D eigenvalue weighted by Crippen LogP contribution is -2.21. The van der Waals surface area contributed by atoms with Crippen molar-refractivity contribution in [2.75, 3.05) is 20.1 Å². The largest absolute Gasteiger partial charge is 0.364 e. The molecule has 1 saturated heterocycles. The Hall–Kier alpha value is -1.35. The first-order chi connectivity index (χ1) is 10.2. The van der Waals surface area contributed by atoms with Gasteiger partial charge in [-0.05, 0) is 36.7 Å². The summed E-state index contributed by atoms with van der Waals surface area (Å²) in [6.07, 6.45) is 1.35. The topological polar surface area (TPSA) is 12.5 Å². The maximum absolute atomic E-state index is 6.41. The molecule has 3 heteroatoms. The molecule has 2 atom stereocenters. The third kappa shape index (κ3) is 3.65. The van der Waals surface area contributed by atoms with Crippen LogP contribution in [0.2, 0.25) is 5.02 Å². The summed E-state index contributed by atoms with van der Waals surface area (Å²) < 4.78 is 6.41. The van der Waals surface area contributed by atoms with Gasteiger partial charge in [-0.2, -0.15) is 0 Å². The SMILES string of the molecule is CN1CC[C@@H](O[C@@H](c2ccccc2)c2ccc(Cl)cc2)C1. The van der Waals surface area contributed by atoms with E-state index in [0.29, 0.717) is 0 Å². The number of nitrogens with zero attached hydrogens (tertiary/aromatic N) is 1. The zero-order valence-corrected chi connectivity index (χ0v) is 13.0. The fraction of sp³-hybridized carbons (Fsp3) is 0.333. The third-order valence-corrected chi connectivity index (χ3v) is 4.20. The molecule has 0 aliphatic carbocycles. The number of benzene rings is 2. The number of halogens is 1. The predicted molar refractivity (Wildman–Crippen MR) is 86.7 cm³/mol. The summed E-state index contributed by atoms with van der Waals surface area (Å²) in [5.74, 6) is 0. The van der Waals surface area contributed by atoms with Gasteiger partial charge in [0.25, 0.3) is 0 Å². The highest BCUT2D eigenvalue weighted by atomic mass is 35.5. The summed E-state index contributed by atoms with van der Waals surface area (Å²) in [7, 11) is 2.14. The Bertz CT molecular complexity index is 570. The molecule has 1 aliphatic rings. The molecule has 0 unspecified atom stereocenters. The van der Waals surface area contributed by atoms with Gasteiger partial charge in [0, 0.05) is 18.1 Å². The second-order valence-corrected chi connectivity index (χ2v) is 6.09. The first-order valence-electron chi connectivity index (χ1n) is 7.37. The van der Waals surface area contributed by atoms with E-state index in [4.69, 9.17) is 16.3 Å². The zero-order chi connectivity index (χ0) is 14.7. The summed E-state index contributed by atoms with van der Waals surface area (Å²) in [6.45, 7) is 2.10. The van der Waals surface area contributed by atoms with Crippen LogP contribution in [-0.2, 0) is 4.74 Å². The number of hydrogen-bond donors (Lipinski definition) is 0. The molecule has 1 fully saturated rings. The molecule has 21 heavy (non-hydrogen) atoms. The fourth-order valence-electron chi connectivity index (χ4n) is 2.81. The van der Waals surface area contributed by atoms with Crippen LogP contribution >= 0.6 is 11.6 Å². The highest BCUT2D eigenvalue weighted by Crippen LogP contribution is 2.30. The lowest BCUT2D eigenvalue weighted by molar-refractivity contribution is 0.0155. The molecule has 0 bridgehead atoms. The Morgan fingerprint density at radius 1 is 1.05 bits per heavy atom. The van der Waals surface area contributed by atoms with Gasteiger partial charge < -0.3 is 9.64 Å². The van der Waals surface area contributed by atoms with E-state index in [9.17, 15) is 0 Å². The number of ether oxygens (including phenoxy) is 1. The summed E-state index contributed by atoms with van der Waals surface area (Å²) in [6, 6.07) is 18.4. The van der Waals surface area contributed by atoms with Crippen LogP contribution in [0.3, 0.4) is 0 Å². The summed E-state index contributed by atoms with van der Waals surface area (Å²) in [5, 5.41) is 0.756. The van der Waals surface area contributed by atoms with Crippen LogP contribution in [0.1, 0.15) is 23.7 Å². The van der Waals surface area contributed by atoms with E-state index in [-0.39, 0.29) is 12.2 Å². The number of likely N-dealkylation sites (N-methyl/N-ethyl adjacent to an activating group) is 1. The summed E-state index contributed by atoms with van der Waals surface area (Å²) in [4.78, 5) is 2.31. The average Bonchev–Trinajstić information content (AvgIpc) is 2.92. The van der Waals surface area contributed by atoms with Crippen molar-refractivity contribution in [3.05, 3.63) is 70.7 Å². The maximum atomic E-state index is 6.41. The molecule has 2 nitrogen and oxygen atoms in total. The van der Waals surface area contributed by atoms with Crippen molar-refractivity contribution < 1.29 is 4.74 Å². The quantitative estimate of drug-likeness (QED) is 0.841. The minimum Gasteiger partial charge on any atom is -0.364 e. The van der Waals surface area contributed by atoms with Gasteiger partial charge in [0.1, 0.15) is 6.10 Å². The van der Waals surface area contributed by atoms with Gasteiger partial charge in [-0.1, -0.05) is 54.1 Å². The van der Waals surface area contributed by atoms with Crippen molar-refractivity contribution in [2.45, 2.75) is 18.6 Å². The van der Waals surface area contributed by atoms with E-state index in [1.807, 2.05) is 18.2 Å². The Kier molecular flexibility index (Phi) is 4.59. The van der Waals surface area contributed by atoms with E-state index in [0.717, 1.165) is 30.1 Å². The van der Waals surface area contributed by atoms with Crippen molar-refractivity contribution in [3.63, 3.8) is 0 Å². The van der Waals surface area contributed by atoms with Crippen LogP contribution in [-0.4, -0.2) is 31.1 Å². The van der Waals surface area contributed by atoms with Crippen molar-refractivity contribution >= 4 is 11.6 Å². The maximum Gasteiger partial charge on any atom is 0.108 e. The van der Waals surface area contributed by atoms with Crippen LogP contribution in [0.5, 0.6) is 0 Å². The molecule has 0 N–H and O–H groups in total. The first kappa shape index (κ1) is 14.6. The van der Waals surface area contributed by atoms with Crippen molar-refractivity contribution in [1.29, 1.82) is 0 Å². The van der Waals surface area contributed by atoms with E-state index < -0.39 is 0 Å². The molecule has 0 aromatic heterocycles. The first-order valence-corrected chi connectivity index (χ1v) is 7.74. The molecule has 0 spiro atoms. The van der Waals surface area contributed by atoms with Gasteiger partial charge in [0.05, 0.1) is 6.10 Å². The molecular weight excluding hydrogens is 282 g/mol. The average molecular weight is 302 g/mol. The molecule has 1 aliphatic heterocycles. The van der Waals surface area contributed by atoms with E-state index in [1.54, 1.807) is 0 Å². The summed E-state index contributed by atoms with van der Waals surface area (Å²) in [5.41, 5.74) is 2.34. The third-order valence-electron chi connectivity index (χ3n) is 3.95. The second-order valence-electron chi connectivity index (χ2n) is 5.65. The molecule has 2 aromatic carbocycles. The molecular formula is C18H20ClNO. The molecule has 3 rings (SSSR count). The van der Waals surface area contributed by atoms with Crippen molar-refractivity contribution in [2.24, 2.45) is 0 Å². The van der Waals surface area contributed by atoms with Crippen LogP contribution in [0.4, 0.5) is 0 Å².